The molecule has 19 heavy (non-hydrogen) atoms. The summed E-state index contributed by atoms with van der Waals surface area (Å²) in [6, 6.07) is 5.16. The van der Waals surface area contributed by atoms with Gasteiger partial charge in [-0.15, -0.1) is 0 Å². The number of hydrogen-bond acceptors (Lipinski definition) is 3. The zero-order chi connectivity index (χ0) is 14.7. The molecule has 0 unspecified atom stereocenters. The number of hydrogen-bond donors (Lipinski definition) is 1. The molecule has 0 heterocycles. The SMILES string of the molecule is CCCC(C)(C)NS(=O)(=O)c1cccc(F)c1C#N. The fourth-order valence-corrected chi connectivity index (χ4v) is 3.54. The molecule has 1 N–H and O–H groups in total. The molecule has 1 aromatic rings. The van der Waals surface area contributed by atoms with Crippen LogP contribution in [0, 0.1) is 17.1 Å². The van der Waals surface area contributed by atoms with Crippen molar-refractivity contribution in [2.45, 2.75) is 44.0 Å². The van der Waals surface area contributed by atoms with Crippen LogP contribution in [0.1, 0.15) is 39.2 Å². The van der Waals surface area contributed by atoms with Crippen molar-refractivity contribution in [2.24, 2.45) is 0 Å². The van der Waals surface area contributed by atoms with Crippen molar-refractivity contribution in [1.29, 1.82) is 5.26 Å². The molecule has 0 aliphatic heterocycles. The minimum absolute atomic E-state index is 0.320. The summed E-state index contributed by atoms with van der Waals surface area (Å²) in [6.07, 6.45) is 1.45. The van der Waals surface area contributed by atoms with E-state index < -0.39 is 26.9 Å². The number of nitrogens with one attached hydrogen (secondary N) is 1. The Hall–Kier alpha value is -1.45. The highest BCUT2D eigenvalue weighted by molar-refractivity contribution is 7.89. The van der Waals surface area contributed by atoms with E-state index in [4.69, 9.17) is 5.26 Å². The van der Waals surface area contributed by atoms with E-state index in [1.54, 1.807) is 19.9 Å². The molecule has 0 aliphatic rings. The minimum atomic E-state index is -3.92. The van der Waals surface area contributed by atoms with Crippen molar-refractivity contribution in [2.75, 3.05) is 0 Å². The highest BCUT2D eigenvalue weighted by atomic mass is 32.2. The van der Waals surface area contributed by atoms with Crippen LogP contribution in [0.3, 0.4) is 0 Å². The quantitative estimate of drug-likeness (QED) is 0.903. The van der Waals surface area contributed by atoms with Gasteiger partial charge >= 0.3 is 0 Å². The fraction of sp³-hybridized carbons (Fsp3) is 0.462. The van der Waals surface area contributed by atoms with Gasteiger partial charge in [-0.25, -0.2) is 17.5 Å². The molecular formula is C13H17FN2O2S. The summed E-state index contributed by atoms with van der Waals surface area (Å²) in [6.45, 7) is 5.44. The third-order valence-electron chi connectivity index (χ3n) is 2.66. The first-order valence-corrected chi connectivity index (χ1v) is 7.44. The van der Waals surface area contributed by atoms with Crippen LogP contribution >= 0.6 is 0 Å². The third kappa shape index (κ3) is 3.75. The maximum atomic E-state index is 13.4. The number of sulfonamides is 1. The lowest BCUT2D eigenvalue weighted by Crippen LogP contribution is -2.43. The third-order valence-corrected chi connectivity index (χ3v) is 4.40. The monoisotopic (exact) mass is 284 g/mol. The molecule has 0 saturated carbocycles. The van der Waals surface area contributed by atoms with Crippen molar-refractivity contribution in [3.05, 3.63) is 29.6 Å². The molecule has 6 heteroatoms. The Bertz CT molecular complexity index is 604. The number of nitrogens with zero attached hydrogens (tertiary/aromatic N) is 1. The van der Waals surface area contributed by atoms with Crippen LogP contribution in [0.2, 0.25) is 0 Å². The van der Waals surface area contributed by atoms with Gasteiger partial charge in [-0.3, -0.25) is 0 Å². The average molecular weight is 284 g/mol. The summed E-state index contributed by atoms with van der Waals surface area (Å²) in [5.41, 5.74) is -1.10. The second-order valence-electron chi connectivity index (χ2n) is 4.96. The van der Waals surface area contributed by atoms with Crippen LogP contribution in [0.5, 0.6) is 0 Å². The first-order valence-electron chi connectivity index (χ1n) is 5.96. The second kappa shape index (κ2) is 5.68. The molecule has 0 bridgehead atoms. The van der Waals surface area contributed by atoms with Crippen LogP contribution in [0.25, 0.3) is 0 Å². The summed E-state index contributed by atoms with van der Waals surface area (Å²) < 4.78 is 40.4. The molecule has 0 aliphatic carbocycles. The first-order chi connectivity index (χ1) is 8.73. The summed E-state index contributed by atoms with van der Waals surface area (Å²) in [5.74, 6) is -0.835. The van der Waals surface area contributed by atoms with Gasteiger partial charge in [0, 0.05) is 5.54 Å². The maximum Gasteiger partial charge on any atom is 0.242 e. The first kappa shape index (κ1) is 15.6. The van der Waals surface area contributed by atoms with Crippen LogP contribution in [-0.2, 0) is 10.0 Å². The molecule has 1 rings (SSSR count). The van der Waals surface area contributed by atoms with Crippen molar-refractivity contribution in [1.82, 2.24) is 4.72 Å². The van der Waals surface area contributed by atoms with E-state index in [0.717, 1.165) is 12.5 Å². The van der Waals surface area contributed by atoms with Gasteiger partial charge < -0.3 is 0 Å². The Balaban J connectivity index is 3.23. The minimum Gasteiger partial charge on any atom is -0.207 e. The molecule has 0 atom stereocenters. The lowest BCUT2D eigenvalue weighted by Gasteiger charge is -2.25. The van der Waals surface area contributed by atoms with E-state index in [1.165, 1.54) is 12.1 Å². The van der Waals surface area contributed by atoms with Crippen molar-refractivity contribution in [3.8, 4) is 6.07 Å². The van der Waals surface area contributed by atoms with Gasteiger partial charge in [0.1, 0.15) is 22.3 Å². The van der Waals surface area contributed by atoms with Crippen molar-refractivity contribution in [3.63, 3.8) is 0 Å². The average Bonchev–Trinajstić information content (AvgIpc) is 2.26. The van der Waals surface area contributed by atoms with Crippen LogP contribution in [0.15, 0.2) is 23.1 Å². The summed E-state index contributed by atoms with van der Waals surface area (Å²) >= 11 is 0. The lowest BCUT2D eigenvalue weighted by molar-refractivity contribution is 0.417. The molecule has 0 fully saturated rings. The Morgan fingerprint density at radius 3 is 2.58 bits per heavy atom. The predicted octanol–water partition coefficient (Wildman–Crippen LogP) is 2.55. The predicted molar refractivity (Wildman–Crippen MR) is 70.4 cm³/mol. The summed E-state index contributed by atoms with van der Waals surface area (Å²) in [5, 5.41) is 8.88. The Kier molecular flexibility index (Phi) is 4.66. The van der Waals surface area contributed by atoms with E-state index in [2.05, 4.69) is 4.72 Å². The zero-order valence-corrected chi connectivity index (χ0v) is 12.0. The topological polar surface area (TPSA) is 70.0 Å². The van der Waals surface area contributed by atoms with E-state index in [1.807, 2.05) is 6.92 Å². The number of nitriles is 1. The van der Waals surface area contributed by atoms with Crippen LogP contribution < -0.4 is 4.72 Å². The Morgan fingerprint density at radius 1 is 1.42 bits per heavy atom. The van der Waals surface area contributed by atoms with Crippen molar-refractivity contribution >= 4 is 10.0 Å². The van der Waals surface area contributed by atoms with E-state index in [9.17, 15) is 12.8 Å². The molecule has 0 spiro atoms. The highest BCUT2D eigenvalue weighted by Gasteiger charge is 2.28. The summed E-state index contributed by atoms with van der Waals surface area (Å²) in [7, 11) is -3.92. The highest BCUT2D eigenvalue weighted by Crippen LogP contribution is 2.21. The van der Waals surface area contributed by atoms with Gasteiger partial charge in [0.15, 0.2) is 0 Å². The molecule has 4 nitrogen and oxygen atoms in total. The zero-order valence-electron chi connectivity index (χ0n) is 11.2. The standard InChI is InChI=1S/C13H17FN2O2S/c1-4-8-13(2,3)16-19(17,18)12-7-5-6-11(14)10(12)9-15/h5-7,16H,4,8H2,1-3H3. The van der Waals surface area contributed by atoms with Gasteiger partial charge in [-0.2, -0.15) is 5.26 Å². The lowest BCUT2D eigenvalue weighted by atomic mass is 10.0. The van der Waals surface area contributed by atoms with Gasteiger partial charge in [-0.05, 0) is 32.4 Å². The Morgan fingerprint density at radius 2 is 2.05 bits per heavy atom. The molecule has 0 radical (unpaired) electrons. The molecule has 0 saturated heterocycles. The van der Waals surface area contributed by atoms with Crippen molar-refractivity contribution < 1.29 is 12.8 Å². The van der Waals surface area contributed by atoms with Crippen LogP contribution in [-0.4, -0.2) is 14.0 Å². The molecule has 1 aromatic carbocycles. The van der Waals surface area contributed by atoms with Gasteiger partial charge in [0.25, 0.3) is 0 Å². The normalized spacial score (nSPS) is 12.2. The number of benzene rings is 1. The Labute approximate surface area is 113 Å². The van der Waals surface area contributed by atoms with E-state index >= 15 is 0 Å². The summed E-state index contributed by atoms with van der Waals surface area (Å²) in [4.78, 5) is -0.320. The number of rotatable bonds is 5. The molecule has 104 valence electrons. The molecule has 0 aromatic heterocycles. The van der Waals surface area contributed by atoms with E-state index in [0.29, 0.717) is 6.42 Å². The molecular weight excluding hydrogens is 267 g/mol. The fourth-order valence-electron chi connectivity index (χ4n) is 1.93. The molecule has 0 amide bonds. The van der Waals surface area contributed by atoms with Gasteiger partial charge in [0.05, 0.1) is 0 Å². The smallest absolute Gasteiger partial charge is 0.207 e. The van der Waals surface area contributed by atoms with Gasteiger partial charge in [0.2, 0.25) is 10.0 Å². The van der Waals surface area contributed by atoms with Crippen LogP contribution in [0.4, 0.5) is 4.39 Å². The van der Waals surface area contributed by atoms with E-state index in [-0.39, 0.29) is 4.90 Å². The second-order valence-corrected chi connectivity index (χ2v) is 6.61. The largest absolute Gasteiger partial charge is 0.242 e. The maximum absolute atomic E-state index is 13.4. The number of halogens is 1. The van der Waals surface area contributed by atoms with Gasteiger partial charge in [-0.1, -0.05) is 19.4 Å².